The predicted molar refractivity (Wildman–Crippen MR) is 70.7 cm³/mol. The van der Waals surface area contributed by atoms with Crippen molar-refractivity contribution < 1.29 is 9.18 Å². The summed E-state index contributed by atoms with van der Waals surface area (Å²) in [5.41, 5.74) is 0.378. The van der Waals surface area contributed by atoms with Gasteiger partial charge in [-0.3, -0.25) is 4.79 Å². The zero-order valence-corrected chi connectivity index (χ0v) is 11.2. The Morgan fingerprint density at radius 1 is 1.41 bits per heavy atom. The van der Waals surface area contributed by atoms with Gasteiger partial charge in [-0.1, -0.05) is 23.2 Å². The molecule has 0 aliphatic carbocycles. The van der Waals surface area contributed by atoms with Crippen molar-refractivity contribution in [2.75, 3.05) is 17.2 Å². The zero-order valence-electron chi connectivity index (χ0n) is 8.79. The maximum atomic E-state index is 13.4. The third-order valence-corrected chi connectivity index (χ3v) is 3.85. The molecule has 1 fully saturated rings. The summed E-state index contributed by atoms with van der Waals surface area (Å²) in [7, 11) is 0. The second-order valence-electron chi connectivity index (χ2n) is 3.97. The molecule has 0 N–H and O–H groups in total. The Hall–Kier alpha value is -0.450. The lowest BCUT2D eigenvalue weighted by atomic mass is 10.1. The lowest BCUT2D eigenvalue weighted by Gasteiger charge is -2.18. The molecule has 2 rings (SSSR count). The molecule has 1 aliphatic heterocycles. The smallest absolute Gasteiger partial charge is 0.227 e. The van der Waals surface area contributed by atoms with Crippen molar-refractivity contribution in [3.63, 3.8) is 0 Å². The molecule has 1 aromatic rings. The molecule has 1 unspecified atom stereocenters. The molecule has 17 heavy (non-hydrogen) atoms. The number of thiol groups is 1. The van der Waals surface area contributed by atoms with E-state index in [9.17, 15) is 9.18 Å². The van der Waals surface area contributed by atoms with E-state index in [-0.39, 0.29) is 21.9 Å². The minimum Gasteiger partial charge on any atom is -0.311 e. The first-order chi connectivity index (χ1) is 8.02. The number of benzene rings is 1. The van der Waals surface area contributed by atoms with Crippen molar-refractivity contribution in [3.05, 3.63) is 28.0 Å². The summed E-state index contributed by atoms with van der Waals surface area (Å²) < 4.78 is 13.4. The Kier molecular flexibility index (Phi) is 3.85. The highest BCUT2D eigenvalue weighted by Crippen LogP contribution is 2.34. The van der Waals surface area contributed by atoms with Gasteiger partial charge >= 0.3 is 0 Å². The van der Waals surface area contributed by atoms with E-state index in [1.54, 1.807) is 0 Å². The fraction of sp³-hybridized carbons (Fsp3) is 0.364. The molecule has 1 saturated heterocycles. The lowest BCUT2D eigenvalue weighted by Crippen LogP contribution is -2.25. The predicted octanol–water partition coefficient (Wildman–Crippen LogP) is 3.42. The van der Waals surface area contributed by atoms with Crippen molar-refractivity contribution in [3.8, 4) is 0 Å². The van der Waals surface area contributed by atoms with Crippen LogP contribution in [0.1, 0.15) is 6.42 Å². The molecule has 1 amide bonds. The van der Waals surface area contributed by atoms with E-state index in [1.807, 2.05) is 0 Å². The SMILES string of the molecule is O=C1CC(CS)CN1c1cc(F)c(Cl)cc1Cl. The van der Waals surface area contributed by atoms with Crippen LogP contribution in [-0.4, -0.2) is 18.2 Å². The Morgan fingerprint density at radius 3 is 2.71 bits per heavy atom. The van der Waals surface area contributed by atoms with Crippen LogP contribution in [-0.2, 0) is 4.79 Å². The molecule has 92 valence electrons. The molecule has 1 aliphatic rings. The monoisotopic (exact) mass is 293 g/mol. The molecule has 0 spiro atoms. The van der Waals surface area contributed by atoms with E-state index in [4.69, 9.17) is 23.2 Å². The van der Waals surface area contributed by atoms with E-state index in [2.05, 4.69) is 12.6 Å². The second kappa shape index (κ2) is 5.04. The summed E-state index contributed by atoms with van der Waals surface area (Å²) in [4.78, 5) is 13.3. The molecule has 0 bridgehead atoms. The minimum absolute atomic E-state index is 0.0452. The minimum atomic E-state index is -0.576. The van der Waals surface area contributed by atoms with Crippen molar-refractivity contribution in [2.45, 2.75) is 6.42 Å². The third-order valence-electron chi connectivity index (χ3n) is 2.74. The molecule has 2 nitrogen and oxygen atoms in total. The van der Waals surface area contributed by atoms with Gasteiger partial charge in [0.05, 0.1) is 15.7 Å². The largest absolute Gasteiger partial charge is 0.311 e. The van der Waals surface area contributed by atoms with Crippen molar-refractivity contribution >= 4 is 47.4 Å². The van der Waals surface area contributed by atoms with Gasteiger partial charge in [-0.05, 0) is 17.7 Å². The lowest BCUT2D eigenvalue weighted by molar-refractivity contribution is -0.117. The van der Waals surface area contributed by atoms with Gasteiger partial charge in [0, 0.05) is 19.0 Å². The van der Waals surface area contributed by atoms with Crippen molar-refractivity contribution in [1.29, 1.82) is 0 Å². The Balaban J connectivity index is 2.35. The van der Waals surface area contributed by atoms with Gasteiger partial charge in [0.1, 0.15) is 5.82 Å². The summed E-state index contributed by atoms with van der Waals surface area (Å²) in [5, 5.41) is 0.237. The van der Waals surface area contributed by atoms with E-state index in [0.717, 1.165) is 0 Å². The highest BCUT2D eigenvalue weighted by molar-refractivity contribution is 7.80. The van der Waals surface area contributed by atoms with Gasteiger partial charge in [-0.2, -0.15) is 12.6 Å². The summed E-state index contributed by atoms with van der Waals surface area (Å²) in [6, 6.07) is 2.51. The van der Waals surface area contributed by atoms with Crippen LogP contribution in [0.4, 0.5) is 10.1 Å². The normalized spacial score (nSPS) is 20.1. The summed E-state index contributed by atoms with van der Waals surface area (Å²) in [6.07, 6.45) is 0.421. The average molecular weight is 294 g/mol. The van der Waals surface area contributed by atoms with Crippen LogP contribution < -0.4 is 4.90 Å². The molecule has 0 radical (unpaired) electrons. The number of rotatable bonds is 2. The van der Waals surface area contributed by atoms with Crippen LogP contribution in [0.25, 0.3) is 0 Å². The summed E-state index contributed by atoms with van der Waals surface area (Å²) >= 11 is 15.7. The van der Waals surface area contributed by atoms with Crippen LogP contribution in [0, 0.1) is 11.7 Å². The van der Waals surface area contributed by atoms with Crippen LogP contribution in [0.5, 0.6) is 0 Å². The number of amides is 1. The van der Waals surface area contributed by atoms with Crippen LogP contribution in [0.2, 0.25) is 10.0 Å². The van der Waals surface area contributed by atoms with Crippen molar-refractivity contribution in [2.24, 2.45) is 5.92 Å². The van der Waals surface area contributed by atoms with E-state index < -0.39 is 5.82 Å². The average Bonchev–Trinajstić information content (AvgIpc) is 2.65. The van der Waals surface area contributed by atoms with Crippen LogP contribution >= 0.6 is 35.8 Å². The third kappa shape index (κ3) is 2.54. The number of hydrogen-bond donors (Lipinski definition) is 1. The van der Waals surface area contributed by atoms with Gasteiger partial charge in [0.15, 0.2) is 0 Å². The summed E-state index contributed by atoms with van der Waals surface area (Å²) in [5.74, 6) is 0.164. The standard InChI is InChI=1S/C11H10Cl2FNOS/c12-7-2-8(13)10(3-9(7)14)15-4-6(5-17)1-11(15)16/h2-3,6,17H,1,4-5H2. The maximum absolute atomic E-state index is 13.4. The highest BCUT2D eigenvalue weighted by Gasteiger charge is 2.31. The number of nitrogens with zero attached hydrogens (tertiary/aromatic N) is 1. The molecule has 0 aromatic heterocycles. The topological polar surface area (TPSA) is 20.3 Å². The number of halogens is 3. The van der Waals surface area contributed by atoms with Gasteiger partial charge < -0.3 is 4.90 Å². The first-order valence-corrected chi connectivity index (χ1v) is 6.47. The molecule has 1 aromatic carbocycles. The molecule has 1 heterocycles. The molecule has 6 heteroatoms. The van der Waals surface area contributed by atoms with Gasteiger partial charge in [0.2, 0.25) is 5.91 Å². The molecular formula is C11H10Cl2FNOS. The first-order valence-electron chi connectivity index (χ1n) is 5.08. The molecular weight excluding hydrogens is 284 g/mol. The number of carbonyl (C=O) groups is 1. The van der Waals surface area contributed by atoms with E-state index in [0.29, 0.717) is 24.4 Å². The Bertz CT molecular complexity index is 469. The van der Waals surface area contributed by atoms with Gasteiger partial charge in [-0.15, -0.1) is 0 Å². The zero-order chi connectivity index (χ0) is 12.6. The second-order valence-corrected chi connectivity index (χ2v) is 5.15. The fourth-order valence-electron chi connectivity index (χ4n) is 1.86. The highest BCUT2D eigenvalue weighted by atomic mass is 35.5. The maximum Gasteiger partial charge on any atom is 0.227 e. The van der Waals surface area contributed by atoms with Gasteiger partial charge in [0.25, 0.3) is 0 Å². The summed E-state index contributed by atoms with van der Waals surface area (Å²) in [6.45, 7) is 0.517. The van der Waals surface area contributed by atoms with Crippen LogP contribution in [0.15, 0.2) is 12.1 Å². The molecule has 1 atom stereocenters. The fourth-order valence-corrected chi connectivity index (χ4v) is 2.59. The quantitative estimate of drug-likeness (QED) is 0.654. The molecule has 0 saturated carbocycles. The van der Waals surface area contributed by atoms with Crippen LogP contribution in [0.3, 0.4) is 0 Å². The first kappa shape index (κ1) is 13.0. The van der Waals surface area contributed by atoms with Crippen molar-refractivity contribution in [1.82, 2.24) is 0 Å². The number of hydrogen-bond acceptors (Lipinski definition) is 2. The Morgan fingerprint density at radius 2 is 2.12 bits per heavy atom. The number of anilines is 1. The van der Waals surface area contributed by atoms with Gasteiger partial charge in [-0.25, -0.2) is 4.39 Å². The number of carbonyl (C=O) groups excluding carboxylic acids is 1. The Labute approximate surface area is 114 Å². The van der Waals surface area contributed by atoms with E-state index in [1.165, 1.54) is 17.0 Å². The van der Waals surface area contributed by atoms with E-state index >= 15 is 0 Å².